The summed E-state index contributed by atoms with van der Waals surface area (Å²) in [7, 11) is 1.75. The van der Waals surface area contributed by atoms with Gasteiger partial charge in [0.15, 0.2) is 0 Å². The lowest BCUT2D eigenvalue weighted by Crippen LogP contribution is -2.27. The molecule has 5 heteroatoms. The molecule has 0 radical (unpaired) electrons. The molecule has 2 N–H and O–H groups in total. The normalized spacial score (nSPS) is 11.8. The number of carbonyl (C=O) groups excluding carboxylic acids is 1. The number of aryl methyl sites for hydroxylation is 1. The van der Waals surface area contributed by atoms with Crippen molar-refractivity contribution in [2.24, 2.45) is 0 Å². The van der Waals surface area contributed by atoms with Crippen LogP contribution in [0.2, 0.25) is 0 Å². The van der Waals surface area contributed by atoms with Crippen LogP contribution < -0.4 is 10.6 Å². The van der Waals surface area contributed by atoms with Crippen molar-refractivity contribution in [1.29, 1.82) is 0 Å². The number of benzene rings is 1. The highest BCUT2D eigenvalue weighted by molar-refractivity contribution is 5.99. The number of hydrogen-bond acceptors (Lipinski definition) is 3. The van der Waals surface area contributed by atoms with Crippen molar-refractivity contribution in [1.82, 2.24) is 10.3 Å². The molecule has 0 spiro atoms. The molecule has 0 saturated heterocycles. The van der Waals surface area contributed by atoms with Gasteiger partial charge in [-0.1, -0.05) is 12.1 Å². The van der Waals surface area contributed by atoms with E-state index in [0.29, 0.717) is 11.3 Å². The first-order valence-electron chi connectivity index (χ1n) is 6.72. The molecule has 1 atom stereocenters. The molecule has 1 amide bonds. The van der Waals surface area contributed by atoms with Gasteiger partial charge < -0.3 is 10.6 Å². The lowest BCUT2D eigenvalue weighted by atomic mass is 10.1. The summed E-state index contributed by atoms with van der Waals surface area (Å²) in [5, 5.41) is 5.83. The molecule has 4 nitrogen and oxygen atoms in total. The highest BCUT2D eigenvalue weighted by Crippen LogP contribution is 2.18. The van der Waals surface area contributed by atoms with Crippen LogP contribution in [0.1, 0.15) is 34.6 Å². The van der Waals surface area contributed by atoms with Crippen molar-refractivity contribution in [3.8, 4) is 0 Å². The molecule has 0 fully saturated rings. The van der Waals surface area contributed by atoms with Crippen LogP contribution in [0.4, 0.5) is 10.1 Å². The minimum Gasteiger partial charge on any atom is -0.387 e. The second kappa shape index (κ2) is 6.35. The van der Waals surface area contributed by atoms with Gasteiger partial charge in [-0.15, -0.1) is 0 Å². The number of carbonyl (C=O) groups is 1. The van der Waals surface area contributed by atoms with Crippen molar-refractivity contribution in [3.05, 3.63) is 59.2 Å². The second-order valence-corrected chi connectivity index (χ2v) is 4.87. The zero-order valence-corrected chi connectivity index (χ0v) is 12.3. The van der Waals surface area contributed by atoms with Gasteiger partial charge in [-0.2, -0.15) is 0 Å². The summed E-state index contributed by atoms with van der Waals surface area (Å²) in [6.45, 7) is 3.67. The first-order chi connectivity index (χ1) is 10.0. The largest absolute Gasteiger partial charge is 0.387 e. The van der Waals surface area contributed by atoms with Crippen molar-refractivity contribution in [2.45, 2.75) is 19.9 Å². The Hall–Kier alpha value is -2.43. The van der Waals surface area contributed by atoms with Gasteiger partial charge >= 0.3 is 0 Å². The van der Waals surface area contributed by atoms with Gasteiger partial charge in [-0.25, -0.2) is 4.39 Å². The maximum atomic E-state index is 13.2. The molecule has 2 aromatic rings. The smallest absolute Gasteiger partial charge is 0.255 e. The van der Waals surface area contributed by atoms with E-state index in [2.05, 4.69) is 15.6 Å². The zero-order chi connectivity index (χ0) is 15.4. The first kappa shape index (κ1) is 15.0. The molecule has 1 aromatic heterocycles. The van der Waals surface area contributed by atoms with Crippen LogP contribution in [0.15, 0.2) is 36.5 Å². The molecule has 0 aliphatic rings. The van der Waals surface area contributed by atoms with Gasteiger partial charge in [-0.05, 0) is 37.6 Å². The van der Waals surface area contributed by atoms with E-state index in [1.165, 1.54) is 18.3 Å². The summed E-state index contributed by atoms with van der Waals surface area (Å²) in [5.41, 5.74) is 2.72. The average molecular weight is 287 g/mol. The van der Waals surface area contributed by atoms with Crippen LogP contribution in [0, 0.1) is 12.7 Å². The Morgan fingerprint density at radius 1 is 1.33 bits per heavy atom. The van der Waals surface area contributed by atoms with Crippen molar-refractivity contribution < 1.29 is 9.18 Å². The number of halogens is 1. The molecule has 0 aliphatic carbocycles. The summed E-state index contributed by atoms with van der Waals surface area (Å²) in [4.78, 5) is 16.5. The predicted molar refractivity (Wildman–Crippen MR) is 80.8 cm³/mol. The Labute approximate surface area is 123 Å². The van der Waals surface area contributed by atoms with Crippen LogP contribution in [0.25, 0.3) is 0 Å². The fourth-order valence-corrected chi connectivity index (χ4v) is 2.08. The van der Waals surface area contributed by atoms with E-state index in [4.69, 9.17) is 0 Å². The number of amides is 1. The number of rotatable bonds is 4. The van der Waals surface area contributed by atoms with Gasteiger partial charge in [0.1, 0.15) is 5.82 Å². The molecule has 21 heavy (non-hydrogen) atoms. The minimum absolute atomic E-state index is 0.247. The van der Waals surface area contributed by atoms with Gasteiger partial charge in [0.25, 0.3) is 5.91 Å². The molecular weight excluding hydrogens is 269 g/mol. The topological polar surface area (TPSA) is 54.0 Å². The lowest BCUT2D eigenvalue weighted by molar-refractivity contribution is 0.0940. The fourth-order valence-electron chi connectivity index (χ4n) is 2.08. The van der Waals surface area contributed by atoms with Crippen LogP contribution in [0.3, 0.4) is 0 Å². The monoisotopic (exact) mass is 287 g/mol. The maximum Gasteiger partial charge on any atom is 0.255 e. The third kappa shape index (κ3) is 3.56. The number of nitrogens with zero attached hydrogens (tertiary/aromatic N) is 1. The first-order valence-corrected chi connectivity index (χ1v) is 6.72. The molecule has 1 aromatic carbocycles. The number of nitrogens with one attached hydrogen (secondary N) is 2. The van der Waals surface area contributed by atoms with Crippen molar-refractivity contribution in [3.63, 3.8) is 0 Å². The molecule has 2 rings (SSSR count). The highest BCUT2D eigenvalue weighted by Gasteiger charge is 2.15. The Balaban J connectivity index is 2.18. The fraction of sp³-hybridized carbons (Fsp3) is 0.250. The third-order valence-corrected chi connectivity index (χ3v) is 3.25. The molecule has 1 heterocycles. The number of anilines is 1. The molecule has 0 saturated carbocycles. The van der Waals surface area contributed by atoms with E-state index in [-0.39, 0.29) is 17.8 Å². The van der Waals surface area contributed by atoms with Gasteiger partial charge in [-0.3, -0.25) is 9.78 Å². The predicted octanol–water partition coefficient (Wildman–Crippen LogP) is 3.06. The molecule has 110 valence electrons. The summed E-state index contributed by atoms with van der Waals surface area (Å²) < 4.78 is 13.2. The SMILES string of the molecule is CNc1cc(C)ncc1C(=O)NC(C)c1cccc(F)c1. The van der Waals surface area contributed by atoms with Crippen molar-refractivity contribution >= 4 is 11.6 Å². The molecule has 1 unspecified atom stereocenters. The second-order valence-electron chi connectivity index (χ2n) is 4.87. The van der Waals surface area contributed by atoms with E-state index in [9.17, 15) is 9.18 Å². The highest BCUT2D eigenvalue weighted by atomic mass is 19.1. The number of aromatic nitrogens is 1. The van der Waals surface area contributed by atoms with Crippen molar-refractivity contribution in [2.75, 3.05) is 12.4 Å². The Kier molecular flexibility index (Phi) is 4.52. The van der Waals surface area contributed by atoms with Crippen LogP contribution in [0.5, 0.6) is 0 Å². The summed E-state index contributed by atoms with van der Waals surface area (Å²) in [5.74, 6) is -0.565. The van der Waals surface area contributed by atoms with Crippen LogP contribution in [-0.4, -0.2) is 17.9 Å². The van der Waals surface area contributed by atoms with Crippen LogP contribution >= 0.6 is 0 Å². The van der Waals surface area contributed by atoms with E-state index in [0.717, 1.165) is 11.3 Å². The Morgan fingerprint density at radius 2 is 2.10 bits per heavy atom. The lowest BCUT2D eigenvalue weighted by Gasteiger charge is -2.16. The average Bonchev–Trinajstić information content (AvgIpc) is 2.46. The van der Waals surface area contributed by atoms with Gasteiger partial charge in [0.2, 0.25) is 0 Å². The summed E-state index contributed by atoms with van der Waals surface area (Å²) in [6, 6.07) is 7.71. The number of pyridine rings is 1. The number of hydrogen-bond donors (Lipinski definition) is 2. The van der Waals surface area contributed by atoms with E-state index in [1.807, 2.05) is 19.9 Å². The maximum absolute atomic E-state index is 13.2. The summed E-state index contributed by atoms with van der Waals surface area (Å²) in [6.07, 6.45) is 1.54. The van der Waals surface area contributed by atoms with Crippen LogP contribution in [-0.2, 0) is 0 Å². The van der Waals surface area contributed by atoms with Gasteiger partial charge in [0, 0.05) is 18.9 Å². The quantitative estimate of drug-likeness (QED) is 0.908. The van der Waals surface area contributed by atoms with E-state index in [1.54, 1.807) is 19.2 Å². The Morgan fingerprint density at radius 3 is 2.76 bits per heavy atom. The molecular formula is C16H18FN3O. The van der Waals surface area contributed by atoms with E-state index < -0.39 is 0 Å². The standard InChI is InChI=1S/C16H18FN3O/c1-10-7-15(18-3)14(9-19-10)16(21)20-11(2)12-5-4-6-13(17)8-12/h4-9,11H,1-3H3,(H,18,19)(H,20,21). The Bertz CT molecular complexity index is 658. The summed E-state index contributed by atoms with van der Waals surface area (Å²) >= 11 is 0. The third-order valence-electron chi connectivity index (χ3n) is 3.25. The zero-order valence-electron chi connectivity index (χ0n) is 12.3. The van der Waals surface area contributed by atoms with E-state index >= 15 is 0 Å². The van der Waals surface area contributed by atoms with Gasteiger partial charge in [0.05, 0.1) is 17.3 Å². The molecule has 0 aliphatic heterocycles. The molecule has 0 bridgehead atoms. The minimum atomic E-state index is -0.318.